The van der Waals surface area contributed by atoms with Gasteiger partial charge in [0.2, 0.25) is 0 Å². The fraction of sp³-hybridized carbons (Fsp3) is 0.857. The Labute approximate surface area is 110 Å². The van der Waals surface area contributed by atoms with E-state index in [9.17, 15) is 4.79 Å². The van der Waals surface area contributed by atoms with Gasteiger partial charge in [0.05, 0.1) is 0 Å². The number of aliphatic imine (C=N–C) groups is 1. The molecule has 0 aromatic rings. The quantitative estimate of drug-likeness (QED) is 0.692. The maximum absolute atomic E-state index is 12.3. The Morgan fingerprint density at radius 1 is 1.33 bits per heavy atom. The Bertz CT molecular complexity index is 383. The van der Waals surface area contributed by atoms with E-state index in [0.717, 1.165) is 12.8 Å². The summed E-state index contributed by atoms with van der Waals surface area (Å²) in [6.45, 7) is 10.6. The van der Waals surface area contributed by atoms with Crippen LogP contribution in [-0.4, -0.2) is 22.9 Å². The summed E-state index contributed by atoms with van der Waals surface area (Å²) in [4.78, 5) is 17.1. The second kappa shape index (κ2) is 4.25. The fourth-order valence-corrected chi connectivity index (χ4v) is 2.99. The number of rotatable bonds is 0. The van der Waals surface area contributed by atoms with Gasteiger partial charge in [0, 0.05) is 5.54 Å². The second-order valence-corrected chi connectivity index (χ2v) is 7.00. The predicted molar refractivity (Wildman–Crippen MR) is 73.4 cm³/mol. The van der Waals surface area contributed by atoms with Crippen LogP contribution in [0.4, 0.5) is 0 Å². The standard InChI is InChI=1S/C14H25N3O/c1-9-6-7-10(2)14(8-9)11(18)15-12(17-14)16-13(3,4)5/h9-10H,6-8H2,1-5H3,(H2,15,16,17,18). The van der Waals surface area contributed by atoms with E-state index in [-0.39, 0.29) is 11.4 Å². The summed E-state index contributed by atoms with van der Waals surface area (Å²) in [5.41, 5.74) is -0.605. The number of carbonyl (C=O) groups is 1. The van der Waals surface area contributed by atoms with E-state index >= 15 is 0 Å². The monoisotopic (exact) mass is 251 g/mol. The lowest BCUT2D eigenvalue weighted by Crippen LogP contribution is -2.50. The van der Waals surface area contributed by atoms with Crippen LogP contribution >= 0.6 is 0 Å². The molecule has 18 heavy (non-hydrogen) atoms. The highest BCUT2D eigenvalue weighted by Crippen LogP contribution is 2.41. The second-order valence-electron chi connectivity index (χ2n) is 7.00. The predicted octanol–water partition coefficient (Wildman–Crippen LogP) is 2.06. The lowest BCUT2D eigenvalue weighted by Gasteiger charge is -2.37. The fourth-order valence-electron chi connectivity index (χ4n) is 2.99. The molecule has 2 N–H and O–H groups in total. The first-order valence-corrected chi connectivity index (χ1v) is 6.92. The molecule has 2 rings (SSSR count). The van der Waals surface area contributed by atoms with Gasteiger partial charge in [-0.3, -0.25) is 10.1 Å². The summed E-state index contributed by atoms with van der Waals surface area (Å²) >= 11 is 0. The van der Waals surface area contributed by atoms with Gasteiger partial charge in [-0.05, 0) is 45.4 Å². The molecule has 2 aliphatic rings. The molecule has 1 saturated carbocycles. The molecule has 4 heteroatoms. The molecule has 1 heterocycles. The molecule has 1 aliphatic heterocycles. The zero-order valence-corrected chi connectivity index (χ0v) is 12.1. The van der Waals surface area contributed by atoms with Gasteiger partial charge in [0.1, 0.15) is 5.54 Å². The third-order valence-corrected chi connectivity index (χ3v) is 4.00. The van der Waals surface area contributed by atoms with Gasteiger partial charge in [0.15, 0.2) is 5.96 Å². The Kier molecular flexibility index (Phi) is 3.16. The number of hydrogen-bond donors (Lipinski definition) is 2. The maximum Gasteiger partial charge on any atom is 0.255 e. The van der Waals surface area contributed by atoms with Crippen molar-refractivity contribution in [1.29, 1.82) is 0 Å². The van der Waals surface area contributed by atoms with E-state index < -0.39 is 5.54 Å². The van der Waals surface area contributed by atoms with Crippen LogP contribution < -0.4 is 10.6 Å². The Hall–Kier alpha value is -1.06. The molecule has 1 aliphatic carbocycles. The number of amides is 1. The van der Waals surface area contributed by atoms with Crippen molar-refractivity contribution in [2.24, 2.45) is 16.8 Å². The summed E-state index contributed by atoms with van der Waals surface area (Å²) in [6, 6.07) is 0. The molecule has 3 atom stereocenters. The van der Waals surface area contributed by atoms with Crippen molar-refractivity contribution < 1.29 is 4.79 Å². The van der Waals surface area contributed by atoms with Crippen LogP contribution in [0.2, 0.25) is 0 Å². The van der Waals surface area contributed by atoms with Gasteiger partial charge in [-0.15, -0.1) is 0 Å². The van der Waals surface area contributed by atoms with Crippen molar-refractivity contribution in [2.45, 2.75) is 65.0 Å². The number of nitrogens with zero attached hydrogens (tertiary/aromatic N) is 1. The third-order valence-electron chi connectivity index (χ3n) is 4.00. The first-order chi connectivity index (χ1) is 8.23. The average Bonchev–Trinajstić information content (AvgIpc) is 2.48. The van der Waals surface area contributed by atoms with Gasteiger partial charge in [-0.25, -0.2) is 4.99 Å². The lowest BCUT2D eigenvalue weighted by atomic mass is 9.70. The summed E-state index contributed by atoms with van der Waals surface area (Å²) < 4.78 is 0. The van der Waals surface area contributed by atoms with Crippen molar-refractivity contribution in [1.82, 2.24) is 10.6 Å². The Morgan fingerprint density at radius 3 is 2.61 bits per heavy atom. The molecule has 4 nitrogen and oxygen atoms in total. The van der Waals surface area contributed by atoms with Crippen LogP contribution in [0.15, 0.2) is 4.99 Å². The van der Waals surface area contributed by atoms with E-state index in [2.05, 4.69) is 45.3 Å². The molecule has 0 bridgehead atoms. The highest BCUT2D eigenvalue weighted by Gasteiger charge is 2.50. The van der Waals surface area contributed by atoms with Crippen LogP contribution in [0, 0.1) is 11.8 Å². The van der Waals surface area contributed by atoms with Crippen molar-refractivity contribution in [3.8, 4) is 0 Å². The molecule has 3 unspecified atom stereocenters. The number of hydrogen-bond acceptors (Lipinski definition) is 3. The largest absolute Gasteiger partial charge is 0.351 e. The SMILES string of the molecule is CC1CCC(C)C2(C1)N=C(NC(C)(C)C)NC2=O. The first-order valence-electron chi connectivity index (χ1n) is 6.92. The molecule has 1 fully saturated rings. The van der Waals surface area contributed by atoms with Crippen LogP contribution in [-0.2, 0) is 4.79 Å². The van der Waals surface area contributed by atoms with Gasteiger partial charge >= 0.3 is 0 Å². The maximum atomic E-state index is 12.3. The molecule has 0 aromatic heterocycles. The van der Waals surface area contributed by atoms with E-state index in [1.54, 1.807) is 0 Å². The van der Waals surface area contributed by atoms with Gasteiger partial charge in [-0.1, -0.05) is 20.3 Å². The topological polar surface area (TPSA) is 53.5 Å². The Balaban J connectivity index is 2.24. The van der Waals surface area contributed by atoms with Gasteiger partial charge < -0.3 is 5.32 Å². The summed E-state index contributed by atoms with van der Waals surface area (Å²) in [7, 11) is 0. The normalized spacial score (nSPS) is 36.5. The van der Waals surface area contributed by atoms with E-state index in [1.165, 1.54) is 6.42 Å². The summed E-state index contributed by atoms with van der Waals surface area (Å²) in [6.07, 6.45) is 3.16. The molecule has 1 spiro atoms. The van der Waals surface area contributed by atoms with Crippen molar-refractivity contribution in [3.63, 3.8) is 0 Å². The minimum absolute atomic E-state index is 0.0771. The van der Waals surface area contributed by atoms with Crippen molar-refractivity contribution in [3.05, 3.63) is 0 Å². The van der Waals surface area contributed by atoms with E-state index in [0.29, 0.717) is 17.8 Å². The van der Waals surface area contributed by atoms with Gasteiger partial charge in [-0.2, -0.15) is 0 Å². The third kappa shape index (κ3) is 2.38. The first kappa shape index (κ1) is 13.4. The zero-order chi connectivity index (χ0) is 13.6. The Morgan fingerprint density at radius 2 is 2.00 bits per heavy atom. The smallest absolute Gasteiger partial charge is 0.255 e. The highest BCUT2D eigenvalue weighted by atomic mass is 16.2. The molecule has 0 radical (unpaired) electrons. The summed E-state index contributed by atoms with van der Waals surface area (Å²) in [5, 5.41) is 6.20. The van der Waals surface area contributed by atoms with E-state index in [4.69, 9.17) is 4.99 Å². The highest BCUT2D eigenvalue weighted by molar-refractivity contribution is 6.07. The minimum Gasteiger partial charge on any atom is -0.351 e. The zero-order valence-electron chi connectivity index (χ0n) is 12.1. The van der Waals surface area contributed by atoms with Crippen molar-refractivity contribution >= 4 is 11.9 Å². The van der Waals surface area contributed by atoms with E-state index in [1.807, 2.05) is 0 Å². The molecule has 0 aromatic carbocycles. The van der Waals surface area contributed by atoms with Crippen LogP contribution in [0.1, 0.15) is 53.9 Å². The molecule has 0 saturated heterocycles. The van der Waals surface area contributed by atoms with Crippen molar-refractivity contribution in [2.75, 3.05) is 0 Å². The molecular weight excluding hydrogens is 226 g/mol. The van der Waals surface area contributed by atoms with Crippen LogP contribution in [0.3, 0.4) is 0 Å². The van der Waals surface area contributed by atoms with Gasteiger partial charge in [0.25, 0.3) is 5.91 Å². The van der Waals surface area contributed by atoms with Crippen LogP contribution in [0.25, 0.3) is 0 Å². The number of nitrogens with one attached hydrogen (secondary N) is 2. The average molecular weight is 251 g/mol. The summed E-state index contributed by atoms with van der Waals surface area (Å²) in [5.74, 6) is 1.62. The minimum atomic E-state index is -0.523. The number of guanidine groups is 1. The van der Waals surface area contributed by atoms with Crippen LogP contribution in [0.5, 0.6) is 0 Å². The number of carbonyl (C=O) groups excluding carboxylic acids is 1. The molecule has 1 amide bonds. The molecule has 102 valence electrons. The lowest BCUT2D eigenvalue weighted by molar-refractivity contribution is -0.127. The molecular formula is C14H25N3O.